The molecule has 1 atom stereocenters. The molecule has 0 fully saturated rings. The van der Waals surface area contributed by atoms with Crippen LogP contribution in [-0.4, -0.2) is 20.2 Å². The maximum Gasteiger partial charge on any atom is 0.173 e. The molecule has 0 saturated carbocycles. The number of nitrogens with one attached hydrogen (secondary N) is 1. The van der Waals surface area contributed by atoms with Gasteiger partial charge in [0.15, 0.2) is 9.84 Å². The lowest BCUT2D eigenvalue weighted by atomic mass is 10.1. The van der Waals surface area contributed by atoms with Gasteiger partial charge in [0.2, 0.25) is 0 Å². The first kappa shape index (κ1) is 11.2. The summed E-state index contributed by atoms with van der Waals surface area (Å²) in [5, 5.41) is 4.50. The first-order chi connectivity index (χ1) is 7.44. The predicted molar refractivity (Wildman–Crippen MR) is 66.3 cm³/mol. The van der Waals surface area contributed by atoms with E-state index in [2.05, 4.69) is 11.4 Å². The Hall–Kier alpha value is -1.29. The molecule has 1 aromatic carbocycles. The first-order valence-corrected chi connectivity index (χ1v) is 6.92. The van der Waals surface area contributed by atoms with Crippen LogP contribution in [0.1, 0.15) is 11.1 Å². The molecule has 4 heteroatoms. The summed E-state index contributed by atoms with van der Waals surface area (Å²) in [6.45, 7) is 4.05. The number of rotatable bonds is 2. The second-order valence-corrected chi connectivity index (χ2v) is 6.22. The monoisotopic (exact) mass is 237 g/mol. The summed E-state index contributed by atoms with van der Waals surface area (Å²) >= 11 is 0. The highest BCUT2D eigenvalue weighted by Gasteiger charge is 2.21. The van der Waals surface area contributed by atoms with Crippen molar-refractivity contribution in [2.24, 2.45) is 0 Å². The molecular formula is C12H15NO2S. The smallest absolute Gasteiger partial charge is 0.173 e. The molecule has 86 valence electrons. The van der Waals surface area contributed by atoms with Gasteiger partial charge in [-0.1, -0.05) is 12.1 Å². The fraction of sp³-hybridized carbons (Fsp3) is 0.333. The van der Waals surface area contributed by atoms with Crippen molar-refractivity contribution in [2.75, 3.05) is 11.1 Å². The zero-order chi connectivity index (χ0) is 11.8. The van der Waals surface area contributed by atoms with E-state index < -0.39 is 9.84 Å². The summed E-state index contributed by atoms with van der Waals surface area (Å²) < 4.78 is 22.5. The molecule has 0 saturated heterocycles. The average Bonchev–Trinajstić information content (AvgIpc) is 2.43. The molecule has 0 radical (unpaired) electrons. The molecule has 3 nitrogen and oxygen atoms in total. The van der Waals surface area contributed by atoms with Crippen LogP contribution in [0.2, 0.25) is 0 Å². The Morgan fingerprint density at radius 1 is 1.19 bits per heavy atom. The van der Waals surface area contributed by atoms with Crippen LogP contribution in [0.3, 0.4) is 0 Å². The highest BCUT2D eigenvalue weighted by Crippen LogP contribution is 2.18. The van der Waals surface area contributed by atoms with Crippen molar-refractivity contribution in [1.29, 1.82) is 0 Å². The quantitative estimate of drug-likeness (QED) is 0.856. The molecule has 1 N–H and O–H groups in total. The van der Waals surface area contributed by atoms with Gasteiger partial charge in [0, 0.05) is 11.1 Å². The van der Waals surface area contributed by atoms with Crippen LogP contribution in [-0.2, 0) is 9.84 Å². The van der Waals surface area contributed by atoms with E-state index in [1.165, 1.54) is 16.5 Å². The summed E-state index contributed by atoms with van der Waals surface area (Å²) in [7, 11) is -2.98. The van der Waals surface area contributed by atoms with Crippen LogP contribution in [0.25, 0.3) is 0 Å². The van der Waals surface area contributed by atoms with Crippen molar-refractivity contribution in [3.05, 3.63) is 40.8 Å². The van der Waals surface area contributed by atoms with Gasteiger partial charge in [-0.3, -0.25) is 0 Å². The van der Waals surface area contributed by atoms with E-state index in [0.717, 1.165) is 5.69 Å². The van der Waals surface area contributed by atoms with Crippen molar-refractivity contribution in [3.8, 4) is 0 Å². The minimum absolute atomic E-state index is 0.105. The third-order valence-electron chi connectivity index (χ3n) is 2.50. The summed E-state index contributed by atoms with van der Waals surface area (Å²) in [6, 6.07) is 6.02. The number of sulfone groups is 1. The van der Waals surface area contributed by atoms with E-state index in [1.807, 2.05) is 26.0 Å². The molecule has 0 bridgehead atoms. The molecule has 16 heavy (non-hydrogen) atoms. The van der Waals surface area contributed by atoms with Gasteiger partial charge in [-0.2, -0.15) is 0 Å². The number of hydrogen-bond acceptors (Lipinski definition) is 3. The van der Waals surface area contributed by atoms with Crippen LogP contribution in [0, 0.1) is 13.8 Å². The Kier molecular flexibility index (Phi) is 2.76. The number of aryl methyl sites for hydroxylation is 2. The average molecular weight is 237 g/mol. The Morgan fingerprint density at radius 2 is 1.81 bits per heavy atom. The molecule has 0 amide bonds. The van der Waals surface area contributed by atoms with Crippen molar-refractivity contribution in [3.63, 3.8) is 0 Å². The molecule has 1 aliphatic rings. The summed E-state index contributed by atoms with van der Waals surface area (Å²) in [6.07, 6.45) is 1.70. The zero-order valence-corrected chi connectivity index (χ0v) is 10.2. The SMILES string of the molecule is Cc1cc(C)cc(NC2C=CS(=O)(=O)C2)c1. The van der Waals surface area contributed by atoms with Crippen LogP contribution in [0.5, 0.6) is 0 Å². The van der Waals surface area contributed by atoms with Crippen LogP contribution in [0.4, 0.5) is 5.69 Å². The highest BCUT2D eigenvalue weighted by atomic mass is 32.2. The van der Waals surface area contributed by atoms with E-state index in [-0.39, 0.29) is 11.8 Å². The zero-order valence-electron chi connectivity index (χ0n) is 9.40. The Morgan fingerprint density at radius 3 is 2.31 bits per heavy atom. The van der Waals surface area contributed by atoms with Gasteiger partial charge >= 0.3 is 0 Å². The Balaban J connectivity index is 2.14. The fourth-order valence-electron chi connectivity index (χ4n) is 1.94. The van der Waals surface area contributed by atoms with Crippen molar-refractivity contribution in [1.82, 2.24) is 0 Å². The number of anilines is 1. The van der Waals surface area contributed by atoms with Gasteiger partial charge in [-0.05, 0) is 37.1 Å². The summed E-state index contributed by atoms with van der Waals surface area (Å²) in [5.41, 5.74) is 3.32. The van der Waals surface area contributed by atoms with Crippen molar-refractivity contribution >= 4 is 15.5 Å². The molecule has 0 aromatic heterocycles. The van der Waals surface area contributed by atoms with Gasteiger partial charge in [0.25, 0.3) is 0 Å². The summed E-state index contributed by atoms with van der Waals surface area (Å²) in [4.78, 5) is 0. The fourth-order valence-corrected chi connectivity index (χ4v) is 3.17. The Labute approximate surface area is 96.1 Å². The van der Waals surface area contributed by atoms with Crippen molar-refractivity contribution in [2.45, 2.75) is 19.9 Å². The van der Waals surface area contributed by atoms with Crippen LogP contribution in [0.15, 0.2) is 29.7 Å². The van der Waals surface area contributed by atoms with E-state index in [1.54, 1.807) is 6.08 Å². The predicted octanol–water partition coefficient (Wildman–Crippen LogP) is 2.03. The minimum Gasteiger partial charge on any atom is -0.378 e. The molecule has 0 aliphatic carbocycles. The molecule has 1 aliphatic heterocycles. The lowest BCUT2D eigenvalue weighted by Crippen LogP contribution is -2.20. The first-order valence-electron chi connectivity index (χ1n) is 5.20. The molecule has 1 aromatic rings. The second kappa shape index (κ2) is 3.94. The highest BCUT2D eigenvalue weighted by molar-refractivity contribution is 7.94. The lowest BCUT2D eigenvalue weighted by Gasteiger charge is -2.12. The van der Waals surface area contributed by atoms with E-state index in [4.69, 9.17) is 0 Å². The van der Waals surface area contributed by atoms with Crippen molar-refractivity contribution < 1.29 is 8.42 Å². The number of hydrogen-bond donors (Lipinski definition) is 1. The second-order valence-electron chi connectivity index (χ2n) is 4.29. The Bertz CT molecular complexity index is 512. The third-order valence-corrected chi connectivity index (χ3v) is 3.90. The van der Waals surface area contributed by atoms with Crippen LogP contribution >= 0.6 is 0 Å². The molecule has 0 spiro atoms. The minimum atomic E-state index is -2.98. The van der Waals surface area contributed by atoms with Gasteiger partial charge in [-0.25, -0.2) is 8.42 Å². The molecule has 2 rings (SSSR count). The maximum absolute atomic E-state index is 11.2. The van der Waals surface area contributed by atoms with E-state index in [0.29, 0.717) is 0 Å². The lowest BCUT2D eigenvalue weighted by molar-refractivity contribution is 0.605. The maximum atomic E-state index is 11.2. The molecule has 1 heterocycles. The normalized spacial score (nSPS) is 22.2. The van der Waals surface area contributed by atoms with E-state index in [9.17, 15) is 8.42 Å². The topological polar surface area (TPSA) is 46.2 Å². The third kappa shape index (κ3) is 2.64. The standard InChI is InChI=1S/C12H15NO2S/c1-9-5-10(2)7-12(6-9)13-11-3-4-16(14,15)8-11/h3-7,11,13H,8H2,1-2H3. The molecular weight excluding hydrogens is 222 g/mol. The van der Waals surface area contributed by atoms with E-state index >= 15 is 0 Å². The largest absolute Gasteiger partial charge is 0.378 e. The van der Waals surface area contributed by atoms with Gasteiger partial charge in [0.1, 0.15) is 0 Å². The molecule has 1 unspecified atom stereocenters. The van der Waals surface area contributed by atoms with Gasteiger partial charge in [-0.15, -0.1) is 0 Å². The van der Waals surface area contributed by atoms with Gasteiger partial charge in [0.05, 0.1) is 11.8 Å². The summed E-state index contributed by atoms with van der Waals surface area (Å²) in [5.74, 6) is 0.153. The number of benzene rings is 1. The van der Waals surface area contributed by atoms with Gasteiger partial charge < -0.3 is 5.32 Å². The van der Waals surface area contributed by atoms with Crippen LogP contribution < -0.4 is 5.32 Å².